The van der Waals surface area contributed by atoms with Gasteiger partial charge in [0.1, 0.15) is 5.67 Å². The number of rotatable bonds is 6. The minimum absolute atomic E-state index is 0.168. The molecule has 0 radical (unpaired) electrons. The number of fused-ring (bicyclic) bond motifs is 1. The first-order chi connectivity index (χ1) is 16.1. The van der Waals surface area contributed by atoms with Crippen LogP contribution in [-0.2, 0) is 11.3 Å². The fourth-order valence-corrected chi connectivity index (χ4v) is 5.02. The van der Waals surface area contributed by atoms with Crippen LogP contribution in [0.5, 0.6) is 0 Å². The molecule has 0 spiro atoms. The van der Waals surface area contributed by atoms with Crippen LogP contribution in [0, 0.1) is 6.92 Å². The van der Waals surface area contributed by atoms with Crippen molar-refractivity contribution < 1.29 is 19.1 Å². The number of aromatic carboxylic acids is 1. The smallest absolute Gasteiger partial charge is 0.335 e. The van der Waals surface area contributed by atoms with Crippen LogP contribution in [0.4, 0.5) is 4.39 Å². The Labute approximate surface area is 198 Å². The van der Waals surface area contributed by atoms with E-state index >= 15 is 4.39 Å². The molecular weight excluding hydrogens is 433 g/mol. The second kappa shape index (κ2) is 9.05. The average Bonchev–Trinajstić information content (AvgIpc) is 3.11. The quantitative estimate of drug-likeness (QED) is 0.460. The van der Waals surface area contributed by atoms with Crippen molar-refractivity contribution in [2.75, 3.05) is 0 Å². The minimum Gasteiger partial charge on any atom is -0.478 e. The molecule has 6 nitrogen and oxygen atoms in total. The number of halogens is 1. The molecule has 1 aliphatic carbocycles. The Morgan fingerprint density at radius 1 is 1.18 bits per heavy atom. The van der Waals surface area contributed by atoms with Gasteiger partial charge in [-0.1, -0.05) is 31.4 Å². The topological polar surface area (TPSA) is 98.2 Å². The normalized spacial score (nSPS) is 16.4. The van der Waals surface area contributed by atoms with Crippen molar-refractivity contribution in [1.82, 2.24) is 9.55 Å². The number of carboxylic acids is 1. The highest BCUT2D eigenvalue weighted by Crippen LogP contribution is 2.37. The lowest BCUT2D eigenvalue weighted by molar-refractivity contribution is -0.111. The van der Waals surface area contributed by atoms with Gasteiger partial charge in [-0.25, -0.2) is 9.18 Å². The van der Waals surface area contributed by atoms with Crippen LogP contribution in [0.1, 0.15) is 67.4 Å². The Morgan fingerprint density at radius 2 is 1.88 bits per heavy atom. The van der Waals surface area contributed by atoms with E-state index in [1.165, 1.54) is 6.92 Å². The van der Waals surface area contributed by atoms with E-state index in [2.05, 4.69) is 4.98 Å². The van der Waals surface area contributed by atoms with Gasteiger partial charge in [-0.3, -0.25) is 9.78 Å². The molecule has 1 aliphatic rings. The number of benzene rings is 1. The molecule has 1 aromatic carbocycles. The SMILES string of the molecule is CC(=O)C(=C(C)N)c1cnc2c(-c3ccc(C)c(C(=O)O)c3)cn(CC3(F)CCCCC3)c2c1. The molecule has 1 saturated carbocycles. The van der Waals surface area contributed by atoms with E-state index in [9.17, 15) is 14.7 Å². The van der Waals surface area contributed by atoms with Crippen LogP contribution in [0.15, 0.2) is 42.4 Å². The third kappa shape index (κ3) is 4.47. The van der Waals surface area contributed by atoms with Gasteiger partial charge in [0.15, 0.2) is 5.78 Å². The number of nitrogens with two attached hydrogens (primary N) is 1. The summed E-state index contributed by atoms with van der Waals surface area (Å²) in [5, 5.41) is 9.59. The maximum Gasteiger partial charge on any atom is 0.335 e. The first-order valence-electron chi connectivity index (χ1n) is 11.6. The highest BCUT2D eigenvalue weighted by Gasteiger charge is 2.33. The molecule has 7 heteroatoms. The van der Waals surface area contributed by atoms with Gasteiger partial charge in [0.05, 0.1) is 23.1 Å². The number of Topliss-reactive ketones (excluding diaryl/α,β-unsaturated/α-hetero) is 1. The monoisotopic (exact) mass is 463 g/mol. The molecule has 4 rings (SSSR count). The largest absolute Gasteiger partial charge is 0.478 e. The zero-order chi connectivity index (χ0) is 24.6. The van der Waals surface area contributed by atoms with Crippen molar-refractivity contribution in [2.45, 2.75) is 65.1 Å². The summed E-state index contributed by atoms with van der Waals surface area (Å²) in [6, 6.07) is 7.08. The number of carbonyl (C=O) groups is 2. The van der Waals surface area contributed by atoms with Crippen LogP contribution in [0.3, 0.4) is 0 Å². The van der Waals surface area contributed by atoms with Crippen molar-refractivity contribution in [2.24, 2.45) is 5.73 Å². The number of alkyl halides is 1. The van der Waals surface area contributed by atoms with E-state index in [0.29, 0.717) is 51.8 Å². The van der Waals surface area contributed by atoms with Gasteiger partial charge in [-0.05, 0) is 56.9 Å². The van der Waals surface area contributed by atoms with Crippen LogP contribution in [0.2, 0.25) is 0 Å². The Balaban J connectivity index is 1.92. The van der Waals surface area contributed by atoms with E-state index in [4.69, 9.17) is 5.73 Å². The molecule has 1 fully saturated rings. The van der Waals surface area contributed by atoms with Crippen LogP contribution < -0.4 is 5.73 Å². The summed E-state index contributed by atoms with van der Waals surface area (Å²) in [6.45, 7) is 5.05. The molecule has 2 aromatic heterocycles. The lowest BCUT2D eigenvalue weighted by atomic mass is 9.86. The van der Waals surface area contributed by atoms with Gasteiger partial charge in [0, 0.05) is 34.8 Å². The molecule has 34 heavy (non-hydrogen) atoms. The number of hydrogen-bond acceptors (Lipinski definition) is 4. The molecule has 0 saturated heterocycles. The first-order valence-corrected chi connectivity index (χ1v) is 11.6. The number of aryl methyl sites for hydroxylation is 1. The molecule has 2 heterocycles. The van der Waals surface area contributed by atoms with E-state index in [0.717, 1.165) is 24.8 Å². The number of hydrogen-bond donors (Lipinski definition) is 2. The van der Waals surface area contributed by atoms with Gasteiger partial charge in [0.2, 0.25) is 0 Å². The fraction of sp³-hybridized carbons (Fsp3) is 0.370. The van der Waals surface area contributed by atoms with Crippen LogP contribution >= 0.6 is 0 Å². The van der Waals surface area contributed by atoms with Crippen LogP contribution in [0.25, 0.3) is 27.7 Å². The second-order valence-electron chi connectivity index (χ2n) is 9.42. The molecule has 0 unspecified atom stereocenters. The Bertz CT molecular complexity index is 1310. The molecule has 0 aliphatic heterocycles. The zero-order valence-electron chi connectivity index (χ0n) is 19.8. The minimum atomic E-state index is -1.32. The summed E-state index contributed by atoms with van der Waals surface area (Å²) in [7, 11) is 0. The van der Waals surface area contributed by atoms with Crippen molar-refractivity contribution in [3.8, 4) is 11.1 Å². The number of nitrogens with zero attached hydrogens (tertiary/aromatic N) is 2. The highest BCUT2D eigenvalue weighted by atomic mass is 19.1. The Hall–Kier alpha value is -3.48. The lowest BCUT2D eigenvalue weighted by Gasteiger charge is -2.30. The predicted octanol–water partition coefficient (Wildman–Crippen LogP) is 5.66. The highest BCUT2D eigenvalue weighted by molar-refractivity contribution is 6.20. The number of aromatic nitrogens is 2. The third-order valence-corrected chi connectivity index (χ3v) is 6.73. The summed E-state index contributed by atoms with van der Waals surface area (Å²) in [4.78, 5) is 28.6. The zero-order valence-corrected chi connectivity index (χ0v) is 19.8. The Kier molecular flexibility index (Phi) is 6.30. The summed E-state index contributed by atoms with van der Waals surface area (Å²) < 4.78 is 17.6. The summed E-state index contributed by atoms with van der Waals surface area (Å²) in [5.74, 6) is -1.17. The van der Waals surface area contributed by atoms with E-state index in [1.807, 2.05) is 22.9 Å². The summed E-state index contributed by atoms with van der Waals surface area (Å²) in [6.07, 6.45) is 7.21. The first kappa shape index (κ1) is 23.7. The molecular formula is C27H30FN3O3. The summed E-state index contributed by atoms with van der Waals surface area (Å²) >= 11 is 0. The number of carboxylic acid groups (broad SMARTS) is 1. The molecule has 0 atom stereocenters. The second-order valence-corrected chi connectivity index (χ2v) is 9.42. The van der Waals surface area contributed by atoms with Crippen molar-refractivity contribution in [3.05, 3.63) is 59.0 Å². The average molecular weight is 464 g/mol. The van der Waals surface area contributed by atoms with Crippen molar-refractivity contribution in [1.29, 1.82) is 0 Å². The standard InChI is InChI=1S/C27H30FN3O3/c1-16-7-8-19(11-21(16)26(33)34)22-14-31(15-27(28)9-5-4-6-10-27)23-12-20(13-30-25(22)23)24(17(2)29)18(3)32/h7-8,11-14H,4-6,9-10,15,29H2,1-3H3,(H,33,34). The maximum absolute atomic E-state index is 15.7. The van der Waals surface area contributed by atoms with Crippen molar-refractivity contribution in [3.63, 3.8) is 0 Å². The number of allylic oxidation sites excluding steroid dienone is 2. The van der Waals surface area contributed by atoms with E-state index < -0.39 is 11.6 Å². The summed E-state index contributed by atoms with van der Waals surface area (Å²) in [5.41, 5.74) is 9.64. The Morgan fingerprint density at radius 3 is 2.50 bits per heavy atom. The maximum atomic E-state index is 15.7. The number of pyridine rings is 1. The van der Waals surface area contributed by atoms with E-state index in [1.54, 1.807) is 32.2 Å². The molecule has 3 aromatic rings. The van der Waals surface area contributed by atoms with Gasteiger partial charge in [-0.2, -0.15) is 0 Å². The van der Waals surface area contributed by atoms with Crippen molar-refractivity contribution >= 4 is 28.4 Å². The van der Waals surface area contributed by atoms with Gasteiger partial charge < -0.3 is 15.4 Å². The molecule has 0 bridgehead atoms. The van der Waals surface area contributed by atoms with Gasteiger partial charge in [-0.15, -0.1) is 0 Å². The fourth-order valence-electron chi connectivity index (χ4n) is 5.02. The van der Waals surface area contributed by atoms with E-state index in [-0.39, 0.29) is 17.9 Å². The molecule has 178 valence electrons. The number of ketones is 1. The lowest BCUT2D eigenvalue weighted by Crippen LogP contribution is -2.31. The van der Waals surface area contributed by atoms with Gasteiger partial charge in [0.25, 0.3) is 0 Å². The van der Waals surface area contributed by atoms with Crippen LogP contribution in [-0.4, -0.2) is 32.1 Å². The number of carbonyl (C=O) groups excluding carboxylic acids is 1. The predicted molar refractivity (Wildman–Crippen MR) is 131 cm³/mol. The van der Waals surface area contributed by atoms with Gasteiger partial charge >= 0.3 is 5.97 Å². The molecule has 3 N–H and O–H groups in total. The third-order valence-electron chi connectivity index (χ3n) is 6.73. The molecule has 0 amide bonds.